The Labute approximate surface area is 257 Å². The van der Waals surface area contributed by atoms with Crippen molar-refractivity contribution >= 4 is 39.9 Å². The summed E-state index contributed by atoms with van der Waals surface area (Å²) in [5.74, 6) is 0.0757. The molecule has 42 heavy (non-hydrogen) atoms. The van der Waals surface area contributed by atoms with Crippen LogP contribution in [-0.2, 0) is 35.3 Å². The number of amides is 1. The third kappa shape index (κ3) is 7.31. The number of nitrogens with one attached hydrogen (secondary N) is 2. The predicted molar refractivity (Wildman–Crippen MR) is 171 cm³/mol. The minimum Gasteiger partial charge on any atom is -0.507 e. The van der Waals surface area contributed by atoms with Crippen molar-refractivity contribution in [2.24, 2.45) is 0 Å². The molecule has 0 spiro atoms. The van der Waals surface area contributed by atoms with Gasteiger partial charge in [0.25, 0.3) is 0 Å². The minimum absolute atomic E-state index is 0. The molecule has 0 aliphatic rings. The lowest BCUT2D eigenvalue weighted by Gasteiger charge is -2.28. The van der Waals surface area contributed by atoms with Gasteiger partial charge in [-0.3, -0.25) is 10.2 Å². The van der Waals surface area contributed by atoms with Crippen LogP contribution in [0.2, 0.25) is 0 Å². The number of Topliss-reactive ketones (excluding diaryl/α,β-unsaturated/α-hetero) is 1. The molecule has 1 aromatic heterocycles. The minimum atomic E-state index is -0.531. The van der Waals surface area contributed by atoms with Gasteiger partial charge in [-0.2, -0.15) is 0 Å². The van der Waals surface area contributed by atoms with Gasteiger partial charge in [0.15, 0.2) is 5.78 Å². The summed E-state index contributed by atoms with van der Waals surface area (Å²) in [4.78, 5) is 25.9. The molecule has 0 unspecified atom stereocenters. The Morgan fingerprint density at radius 1 is 0.857 bits per heavy atom. The van der Waals surface area contributed by atoms with E-state index in [-0.39, 0.29) is 64.7 Å². The van der Waals surface area contributed by atoms with Crippen molar-refractivity contribution in [1.29, 1.82) is 5.41 Å². The van der Waals surface area contributed by atoms with E-state index in [2.05, 4.69) is 5.32 Å². The Kier molecular flexibility index (Phi) is 10.1. The first kappa shape index (κ1) is 32.7. The van der Waals surface area contributed by atoms with Gasteiger partial charge in [0.2, 0.25) is 5.62 Å². The van der Waals surface area contributed by atoms with Crippen LogP contribution in [0.4, 0.5) is 4.79 Å². The monoisotopic (exact) mass is 636 g/mol. The van der Waals surface area contributed by atoms with Crippen molar-refractivity contribution < 1.29 is 19.4 Å². The van der Waals surface area contributed by atoms with E-state index in [4.69, 9.17) is 10.1 Å². The molecule has 4 rings (SSSR count). The van der Waals surface area contributed by atoms with Crippen LogP contribution in [0.1, 0.15) is 68.6 Å². The van der Waals surface area contributed by atoms with E-state index in [0.29, 0.717) is 12.1 Å². The summed E-state index contributed by atoms with van der Waals surface area (Å²) in [6, 6.07) is 20.6. The van der Waals surface area contributed by atoms with E-state index in [1.54, 1.807) is 21.3 Å². The first-order valence-electron chi connectivity index (χ1n) is 13.9. The first-order valence-corrected chi connectivity index (χ1v) is 13.9. The number of ketones is 1. The molecule has 0 radical (unpaired) electrons. The molecule has 0 saturated heterocycles. The molecule has 4 aromatic rings. The summed E-state index contributed by atoms with van der Waals surface area (Å²) >= 11 is 0. The van der Waals surface area contributed by atoms with Gasteiger partial charge in [0.05, 0.1) is 17.6 Å². The van der Waals surface area contributed by atoms with Crippen LogP contribution in [-0.4, -0.2) is 32.7 Å². The molecule has 0 saturated carbocycles. The molecule has 1 heterocycles. The number of para-hydroxylation sites is 2. The first-order chi connectivity index (χ1) is 19.3. The van der Waals surface area contributed by atoms with Crippen LogP contribution in [0.15, 0.2) is 66.7 Å². The summed E-state index contributed by atoms with van der Waals surface area (Å²) in [5, 5.41) is 22.7. The fourth-order valence-corrected chi connectivity index (χ4v) is 4.90. The average Bonchev–Trinajstić information content (AvgIpc) is 3.17. The standard InChI is InChI=1S/C33H40N4O4.BrH/c1-32(2,3)24-18-23(19-25(29(24)39)33(4,5)6)28(38)20-37-27-15-11-10-14-26(27)36(30(37)34)17-16-35-31(40)41-21-22-12-8-7-9-13-22;/h7-15,18-19,34,39H,16-17,20-21H2,1-6H3,(H,35,40);1H. The Bertz CT molecular complexity index is 1590. The fraction of sp³-hybridized carbons (Fsp3) is 0.364. The van der Waals surface area contributed by atoms with Crippen LogP contribution in [0, 0.1) is 5.41 Å². The van der Waals surface area contributed by atoms with E-state index >= 15 is 0 Å². The van der Waals surface area contributed by atoms with Crippen molar-refractivity contribution in [1.82, 2.24) is 14.5 Å². The number of aromatic hydroxyl groups is 1. The number of hydrogen-bond acceptors (Lipinski definition) is 5. The van der Waals surface area contributed by atoms with E-state index in [0.717, 1.165) is 27.7 Å². The predicted octanol–water partition coefficient (Wildman–Crippen LogP) is 6.61. The zero-order valence-corrected chi connectivity index (χ0v) is 26.9. The second-order valence-corrected chi connectivity index (χ2v) is 12.4. The van der Waals surface area contributed by atoms with Crippen LogP contribution >= 0.6 is 17.0 Å². The van der Waals surface area contributed by atoms with Gasteiger partial charge in [-0.05, 0) is 40.7 Å². The second-order valence-electron chi connectivity index (χ2n) is 12.4. The SMILES string of the molecule is Br.CC(C)(C)c1cc(C(=O)Cn2c(=N)n(CCNC(=O)OCc3ccccc3)c3ccccc32)cc(C(C)(C)C)c1O. The molecule has 0 bridgehead atoms. The molecule has 1 amide bonds. The molecule has 3 aromatic carbocycles. The summed E-state index contributed by atoms with van der Waals surface area (Å²) in [5.41, 5.74) is 3.82. The Balaban J connectivity index is 0.00000484. The lowest BCUT2D eigenvalue weighted by atomic mass is 9.78. The lowest BCUT2D eigenvalue weighted by molar-refractivity contribution is 0.0971. The molecular formula is C33H41BrN4O4. The molecule has 9 heteroatoms. The number of aromatic nitrogens is 2. The third-order valence-corrected chi connectivity index (χ3v) is 7.14. The smallest absolute Gasteiger partial charge is 0.407 e. The highest BCUT2D eigenvalue weighted by molar-refractivity contribution is 8.93. The highest BCUT2D eigenvalue weighted by Gasteiger charge is 2.28. The zero-order chi connectivity index (χ0) is 29.9. The number of hydrogen-bond donors (Lipinski definition) is 3. The second kappa shape index (κ2) is 13.0. The van der Waals surface area contributed by atoms with E-state index < -0.39 is 6.09 Å². The van der Waals surface area contributed by atoms with Crippen molar-refractivity contribution in [2.75, 3.05) is 6.54 Å². The molecule has 224 valence electrons. The number of imidazole rings is 1. The van der Waals surface area contributed by atoms with Gasteiger partial charge in [0, 0.05) is 29.8 Å². The summed E-state index contributed by atoms with van der Waals surface area (Å²) < 4.78 is 8.75. The number of nitrogens with zero attached hydrogens (tertiary/aromatic N) is 2. The van der Waals surface area contributed by atoms with Gasteiger partial charge < -0.3 is 24.3 Å². The molecular weight excluding hydrogens is 596 g/mol. The number of halogens is 1. The Morgan fingerprint density at radius 2 is 1.38 bits per heavy atom. The van der Waals surface area contributed by atoms with Gasteiger partial charge in [-0.1, -0.05) is 84.0 Å². The topological polar surface area (TPSA) is 109 Å². The maximum atomic E-state index is 13.7. The van der Waals surface area contributed by atoms with Crippen molar-refractivity contribution in [3.05, 3.63) is 94.6 Å². The molecule has 0 aliphatic carbocycles. The van der Waals surface area contributed by atoms with Crippen molar-refractivity contribution in [3.8, 4) is 5.75 Å². The third-order valence-electron chi connectivity index (χ3n) is 7.14. The van der Waals surface area contributed by atoms with Gasteiger partial charge in [-0.25, -0.2) is 4.79 Å². The van der Waals surface area contributed by atoms with Crippen LogP contribution in [0.25, 0.3) is 11.0 Å². The van der Waals surface area contributed by atoms with Crippen LogP contribution < -0.4 is 10.9 Å². The summed E-state index contributed by atoms with van der Waals surface area (Å²) in [6.45, 7) is 12.8. The van der Waals surface area contributed by atoms with Gasteiger partial charge >= 0.3 is 6.09 Å². The molecule has 0 fully saturated rings. The molecule has 3 N–H and O–H groups in total. The number of fused-ring (bicyclic) bond motifs is 1. The summed E-state index contributed by atoms with van der Waals surface area (Å²) in [6.07, 6.45) is -0.531. The van der Waals surface area contributed by atoms with Crippen LogP contribution in [0.5, 0.6) is 5.75 Å². The largest absolute Gasteiger partial charge is 0.507 e. The number of alkyl carbamates (subject to hydrolysis) is 1. The van der Waals surface area contributed by atoms with Crippen molar-refractivity contribution in [3.63, 3.8) is 0 Å². The van der Waals surface area contributed by atoms with Gasteiger partial charge in [-0.15, -0.1) is 17.0 Å². The number of benzene rings is 3. The maximum Gasteiger partial charge on any atom is 0.407 e. The van der Waals surface area contributed by atoms with Gasteiger partial charge in [0.1, 0.15) is 12.4 Å². The van der Waals surface area contributed by atoms with E-state index in [9.17, 15) is 14.7 Å². The average molecular weight is 638 g/mol. The Hall–Kier alpha value is -3.85. The number of carbonyl (C=O) groups excluding carboxylic acids is 2. The lowest BCUT2D eigenvalue weighted by Crippen LogP contribution is -2.33. The fourth-order valence-electron chi connectivity index (χ4n) is 4.90. The molecule has 0 aliphatic heterocycles. The van der Waals surface area contributed by atoms with Crippen LogP contribution in [0.3, 0.4) is 0 Å². The van der Waals surface area contributed by atoms with E-state index in [1.165, 1.54) is 0 Å². The van der Waals surface area contributed by atoms with E-state index in [1.807, 2.05) is 96.1 Å². The highest BCUT2D eigenvalue weighted by Crippen LogP contribution is 2.40. The quantitative estimate of drug-likeness (QED) is 0.189. The maximum absolute atomic E-state index is 13.7. The number of rotatable bonds is 8. The molecule has 0 atom stereocenters. The normalized spacial score (nSPS) is 11.7. The highest BCUT2D eigenvalue weighted by atomic mass is 79.9. The molecule has 8 nitrogen and oxygen atoms in total. The van der Waals surface area contributed by atoms with Crippen molar-refractivity contribution in [2.45, 2.75) is 72.1 Å². The number of phenols is 1. The Morgan fingerprint density at radius 3 is 1.93 bits per heavy atom. The zero-order valence-electron chi connectivity index (χ0n) is 25.2. The number of carbonyl (C=O) groups is 2. The summed E-state index contributed by atoms with van der Waals surface area (Å²) in [7, 11) is 0. The number of ether oxygens (including phenoxy) is 1. The number of phenolic OH excluding ortho intramolecular Hbond substituents is 1.